The van der Waals surface area contributed by atoms with Gasteiger partial charge in [0.1, 0.15) is 11.6 Å². The molecule has 1 aliphatic heterocycles. The molecule has 4 rings (SSSR count). The second kappa shape index (κ2) is 8.69. The summed E-state index contributed by atoms with van der Waals surface area (Å²) in [7, 11) is 0. The summed E-state index contributed by atoms with van der Waals surface area (Å²) in [5.74, 6) is -3.46. The molecule has 0 radical (unpaired) electrons. The fraction of sp³-hybridized carbons (Fsp3) is 0.130. The van der Waals surface area contributed by atoms with E-state index in [1.54, 1.807) is 0 Å². The molecule has 2 amide bonds. The van der Waals surface area contributed by atoms with Gasteiger partial charge >= 0.3 is 6.18 Å². The number of alkyl halides is 3. The van der Waals surface area contributed by atoms with E-state index in [9.17, 15) is 31.5 Å². The predicted molar refractivity (Wildman–Crippen MR) is 114 cm³/mol. The van der Waals surface area contributed by atoms with Crippen molar-refractivity contribution in [1.82, 2.24) is 5.32 Å². The maximum atomic E-state index is 13.9. The molecule has 5 nitrogen and oxygen atoms in total. The largest absolute Gasteiger partial charge is 0.416 e. The van der Waals surface area contributed by atoms with E-state index in [4.69, 9.17) is 17.3 Å². The lowest BCUT2D eigenvalue weighted by Gasteiger charge is -2.19. The first-order chi connectivity index (χ1) is 16.0. The first-order valence-corrected chi connectivity index (χ1v) is 10.2. The molecule has 34 heavy (non-hydrogen) atoms. The zero-order chi connectivity index (χ0) is 24.8. The molecule has 0 aromatic heterocycles. The highest BCUT2D eigenvalue weighted by Crippen LogP contribution is 2.40. The topological polar surface area (TPSA) is 84.2 Å². The molecule has 4 N–H and O–H groups in total. The number of hydrogen-bond donors (Lipinski definition) is 3. The van der Waals surface area contributed by atoms with E-state index in [-0.39, 0.29) is 40.0 Å². The molecule has 3 aromatic rings. The van der Waals surface area contributed by atoms with Gasteiger partial charge in [-0.1, -0.05) is 11.6 Å². The number of amides is 2. The second-order valence-corrected chi connectivity index (χ2v) is 7.97. The van der Waals surface area contributed by atoms with Crippen LogP contribution in [0.1, 0.15) is 49.0 Å². The van der Waals surface area contributed by atoms with Crippen LogP contribution < -0.4 is 16.4 Å². The number of nitrogens with two attached hydrogens (primary N) is 1. The number of halogens is 6. The Hall–Kier alpha value is -3.50. The summed E-state index contributed by atoms with van der Waals surface area (Å²) in [6.45, 7) is -0.0208. The third-order valence-corrected chi connectivity index (χ3v) is 5.63. The van der Waals surface area contributed by atoms with Gasteiger partial charge in [0.2, 0.25) is 0 Å². The zero-order valence-corrected chi connectivity index (χ0v) is 17.8. The van der Waals surface area contributed by atoms with Crippen molar-refractivity contribution in [3.8, 4) is 0 Å². The van der Waals surface area contributed by atoms with Crippen LogP contribution in [-0.4, -0.2) is 11.8 Å². The van der Waals surface area contributed by atoms with Crippen LogP contribution >= 0.6 is 11.6 Å². The van der Waals surface area contributed by atoms with E-state index in [1.807, 2.05) is 0 Å². The molecule has 0 saturated carbocycles. The van der Waals surface area contributed by atoms with E-state index in [0.717, 1.165) is 12.1 Å². The van der Waals surface area contributed by atoms with Crippen LogP contribution in [0.25, 0.3) is 0 Å². The minimum absolute atomic E-state index is 0.0208. The van der Waals surface area contributed by atoms with E-state index in [2.05, 4.69) is 10.6 Å². The number of anilines is 1. The minimum atomic E-state index is -4.87. The Morgan fingerprint density at radius 3 is 2.47 bits per heavy atom. The van der Waals surface area contributed by atoms with Gasteiger partial charge in [-0.05, 0) is 54.1 Å². The van der Waals surface area contributed by atoms with Crippen molar-refractivity contribution >= 4 is 29.1 Å². The fourth-order valence-corrected chi connectivity index (χ4v) is 3.99. The summed E-state index contributed by atoms with van der Waals surface area (Å²) in [5.41, 5.74) is 4.78. The normalized spacial score (nSPS) is 15.1. The monoisotopic (exact) mass is 495 g/mol. The summed E-state index contributed by atoms with van der Waals surface area (Å²) in [4.78, 5) is 25.5. The molecule has 0 spiro atoms. The van der Waals surface area contributed by atoms with Gasteiger partial charge in [-0.3, -0.25) is 9.59 Å². The van der Waals surface area contributed by atoms with E-state index in [1.165, 1.54) is 18.2 Å². The van der Waals surface area contributed by atoms with Gasteiger partial charge in [0, 0.05) is 39.5 Å². The van der Waals surface area contributed by atoms with Crippen molar-refractivity contribution in [2.24, 2.45) is 5.73 Å². The SMILES string of the molecule is NCc1cc(NC(=O)c2cc(F)cc(C(F)(F)F)c2)c2c(c1)C(=O)NC2c1cc(F)ccc1Cl. The highest BCUT2D eigenvalue weighted by Gasteiger charge is 2.35. The molecule has 11 heteroatoms. The van der Waals surface area contributed by atoms with E-state index >= 15 is 0 Å². The quantitative estimate of drug-likeness (QED) is 0.436. The van der Waals surface area contributed by atoms with Crippen molar-refractivity contribution in [1.29, 1.82) is 0 Å². The Labute approximate surface area is 194 Å². The number of carbonyl (C=O) groups excluding carboxylic acids is 2. The molecule has 0 aliphatic carbocycles. The summed E-state index contributed by atoms with van der Waals surface area (Å²) >= 11 is 6.21. The van der Waals surface area contributed by atoms with Crippen molar-refractivity contribution in [2.75, 3.05) is 5.32 Å². The van der Waals surface area contributed by atoms with Crippen LogP contribution in [0.5, 0.6) is 0 Å². The van der Waals surface area contributed by atoms with E-state index < -0.39 is 46.8 Å². The number of rotatable bonds is 4. The van der Waals surface area contributed by atoms with Crippen LogP contribution in [0.3, 0.4) is 0 Å². The molecular formula is C23H15ClF5N3O2. The van der Waals surface area contributed by atoms with Gasteiger partial charge < -0.3 is 16.4 Å². The van der Waals surface area contributed by atoms with Gasteiger partial charge in [-0.25, -0.2) is 8.78 Å². The predicted octanol–water partition coefficient (Wildman–Crippen LogP) is 5.18. The van der Waals surface area contributed by atoms with Gasteiger partial charge in [-0.2, -0.15) is 13.2 Å². The van der Waals surface area contributed by atoms with Crippen LogP contribution in [0, 0.1) is 11.6 Å². The lowest BCUT2D eigenvalue weighted by atomic mass is 9.94. The lowest BCUT2D eigenvalue weighted by molar-refractivity contribution is -0.137. The lowest BCUT2D eigenvalue weighted by Crippen LogP contribution is -2.21. The highest BCUT2D eigenvalue weighted by molar-refractivity contribution is 6.31. The van der Waals surface area contributed by atoms with Gasteiger partial charge in [0.05, 0.1) is 11.6 Å². The van der Waals surface area contributed by atoms with Crippen LogP contribution in [0.2, 0.25) is 5.02 Å². The smallest absolute Gasteiger partial charge is 0.341 e. The Balaban J connectivity index is 1.81. The highest BCUT2D eigenvalue weighted by atomic mass is 35.5. The molecule has 0 fully saturated rings. The van der Waals surface area contributed by atoms with Crippen molar-refractivity contribution in [3.63, 3.8) is 0 Å². The molecule has 176 valence electrons. The molecule has 1 unspecified atom stereocenters. The summed E-state index contributed by atoms with van der Waals surface area (Å²) in [5, 5.41) is 5.23. The standard InChI is InChI=1S/C23H15ClF5N3O2/c24-17-2-1-13(25)8-15(17)20-19-16(22(34)32-20)3-10(9-30)4-18(19)31-21(33)11-5-12(23(27,28)29)7-14(26)6-11/h1-8,20H,9,30H2,(H,31,33)(H,32,34). The number of benzene rings is 3. The molecule has 0 saturated heterocycles. The van der Waals surface area contributed by atoms with Crippen molar-refractivity contribution in [3.05, 3.63) is 98.6 Å². The Kier molecular flexibility index (Phi) is 6.05. The first kappa shape index (κ1) is 23.7. The number of nitrogens with one attached hydrogen (secondary N) is 2. The number of fused-ring (bicyclic) bond motifs is 1. The molecule has 1 heterocycles. The van der Waals surface area contributed by atoms with Crippen LogP contribution in [-0.2, 0) is 12.7 Å². The maximum Gasteiger partial charge on any atom is 0.416 e. The van der Waals surface area contributed by atoms with Gasteiger partial charge in [-0.15, -0.1) is 0 Å². The average Bonchev–Trinajstić information content (AvgIpc) is 3.10. The Morgan fingerprint density at radius 2 is 1.79 bits per heavy atom. The van der Waals surface area contributed by atoms with Crippen molar-refractivity contribution in [2.45, 2.75) is 18.8 Å². The molecule has 3 aromatic carbocycles. The van der Waals surface area contributed by atoms with Crippen LogP contribution in [0.15, 0.2) is 48.5 Å². The van der Waals surface area contributed by atoms with Crippen molar-refractivity contribution < 1.29 is 31.5 Å². The number of hydrogen-bond acceptors (Lipinski definition) is 3. The van der Waals surface area contributed by atoms with Gasteiger partial charge in [0.15, 0.2) is 0 Å². The molecule has 0 bridgehead atoms. The van der Waals surface area contributed by atoms with E-state index in [0.29, 0.717) is 17.7 Å². The molecule has 1 atom stereocenters. The minimum Gasteiger partial charge on any atom is -0.341 e. The Bertz CT molecular complexity index is 1330. The summed E-state index contributed by atoms with van der Waals surface area (Å²) in [6, 6.07) is 6.93. The summed E-state index contributed by atoms with van der Waals surface area (Å²) < 4.78 is 66.9. The number of carbonyl (C=O) groups is 2. The zero-order valence-electron chi connectivity index (χ0n) is 17.1. The van der Waals surface area contributed by atoms with Gasteiger partial charge in [0.25, 0.3) is 11.8 Å². The summed E-state index contributed by atoms with van der Waals surface area (Å²) in [6.07, 6.45) is -4.87. The fourth-order valence-electron chi connectivity index (χ4n) is 3.76. The average molecular weight is 496 g/mol. The second-order valence-electron chi connectivity index (χ2n) is 7.56. The van der Waals surface area contributed by atoms with Crippen LogP contribution in [0.4, 0.5) is 27.6 Å². The maximum absolute atomic E-state index is 13.9. The third-order valence-electron chi connectivity index (χ3n) is 5.29. The first-order valence-electron chi connectivity index (χ1n) is 9.79. The Morgan fingerprint density at radius 1 is 1.06 bits per heavy atom. The third kappa shape index (κ3) is 4.46. The molecular weight excluding hydrogens is 481 g/mol. The molecule has 1 aliphatic rings.